The highest BCUT2D eigenvalue weighted by Gasteiger charge is 2.19. The van der Waals surface area contributed by atoms with E-state index in [1.54, 1.807) is 0 Å². The third-order valence-corrected chi connectivity index (χ3v) is 5.56. The molecule has 0 bridgehead atoms. The van der Waals surface area contributed by atoms with Crippen molar-refractivity contribution in [2.75, 3.05) is 5.75 Å². The lowest BCUT2D eigenvalue weighted by Crippen LogP contribution is -2.28. The van der Waals surface area contributed by atoms with Gasteiger partial charge >= 0.3 is 0 Å². The van der Waals surface area contributed by atoms with Crippen LogP contribution in [0.1, 0.15) is 24.9 Å². The van der Waals surface area contributed by atoms with Gasteiger partial charge in [-0.1, -0.05) is 17.7 Å². The lowest BCUT2D eigenvalue weighted by Gasteiger charge is -2.15. The molecule has 25 heavy (non-hydrogen) atoms. The van der Waals surface area contributed by atoms with E-state index in [2.05, 4.69) is 5.32 Å². The van der Waals surface area contributed by atoms with Crippen molar-refractivity contribution in [1.29, 1.82) is 0 Å². The van der Waals surface area contributed by atoms with E-state index in [9.17, 15) is 22.0 Å². The van der Waals surface area contributed by atoms with E-state index in [-0.39, 0.29) is 22.6 Å². The number of hydrogen-bond acceptors (Lipinski definition) is 3. The summed E-state index contributed by atoms with van der Waals surface area (Å²) >= 11 is 5.71. The summed E-state index contributed by atoms with van der Waals surface area (Å²) in [6.07, 6.45) is -0.280. The molecule has 0 aliphatic heterocycles. The number of sulfone groups is 1. The molecule has 0 aromatic heterocycles. The molecule has 0 saturated carbocycles. The molecule has 0 aliphatic carbocycles. The van der Waals surface area contributed by atoms with E-state index in [0.717, 1.165) is 12.1 Å². The van der Waals surface area contributed by atoms with Gasteiger partial charge in [0, 0.05) is 23.1 Å². The highest BCUT2D eigenvalue weighted by Crippen LogP contribution is 2.19. The minimum absolute atomic E-state index is 0.0716. The highest BCUT2D eigenvalue weighted by molar-refractivity contribution is 7.91. The summed E-state index contributed by atoms with van der Waals surface area (Å²) in [7, 11) is -3.63. The summed E-state index contributed by atoms with van der Waals surface area (Å²) < 4.78 is 50.9. The van der Waals surface area contributed by atoms with Gasteiger partial charge in [0.05, 0.1) is 16.7 Å². The zero-order chi connectivity index (χ0) is 18.6. The molecule has 8 heteroatoms. The minimum atomic E-state index is -3.63. The largest absolute Gasteiger partial charge is 0.349 e. The van der Waals surface area contributed by atoms with Gasteiger partial charge in [-0.3, -0.25) is 4.79 Å². The van der Waals surface area contributed by atoms with Crippen LogP contribution in [0.25, 0.3) is 0 Å². The van der Waals surface area contributed by atoms with Crippen LogP contribution in [0.15, 0.2) is 47.4 Å². The van der Waals surface area contributed by atoms with Crippen molar-refractivity contribution in [3.05, 3.63) is 64.7 Å². The molecule has 4 nitrogen and oxygen atoms in total. The third kappa shape index (κ3) is 5.24. The van der Waals surface area contributed by atoms with E-state index >= 15 is 0 Å². The van der Waals surface area contributed by atoms with E-state index in [1.165, 1.54) is 37.3 Å². The number of carbonyl (C=O) groups excluding carboxylic acids is 1. The predicted octanol–water partition coefficient (Wildman–Crippen LogP) is 3.66. The summed E-state index contributed by atoms with van der Waals surface area (Å²) in [5.74, 6) is -2.43. The molecular formula is C17H16ClF2NO3S. The topological polar surface area (TPSA) is 63.2 Å². The molecule has 0 unspecified atom stereocenters. The van der Waals surface area contributed by atoms with Crippen LogP contribution in [-0.4, -0.2) is 20.1 Å². The van der Waals surface area contributed by atoms with Crippen LogP contribution in [0, 0.1) is 11.6 Å². The number of hydrogen-bond donors (Lipinski definition) is 1. The Bertz CT molecular complexity index is 870. The molecule has 1 amide bonds. The zero-order valence-electron chi connectivity index (χ0n) is 13.3. The molecule has 0 radical (unpaired) electrons. The molecule has 0 heterocycles. The molecule has 2 aromatic carbocycles. The van der Waals surface area contributed by atoms with Crippen LogP contribution in [-0.2, 0) is 14.6 Å². The standard InChI is InChI=1S/C17H16ClF2NO3S/c1-11(15-7-4-13(19)10-16(15)20)21-17(22)8-9-25(23,24)14-5-2-12(18)3-6-14/h2-7,10-11H,8-9H2,1H3,(H,21,22)/t11-/m0/s1. The molecule has 0 spiro atoms. The fourth-order valence-electron chi connectivity index (χ4n) is 2.23. The number of benzene rings is 2. The van der Waals surface area contributed by atoms with Gasteiger partial charge in [0.1, 0.15) is 11.6 Å². The minimum Gasteiger partial charge on any atom is -0.349 e. The summed E-state index contributed by atoms with van der Waals surface area (Å²) in [6.45, 7) is 1.53. The fraction of sp³-hybridized carbons (Fsp3) is 0.235. The van der Waals surface area contributed by atoms with Gasteiger partial charge in [0.15, 0.2) is 9.84 Å². The summed E-state index contributed by atoms with van der Waals surface area (Å²) in [5, 5.41) is 2.91. The average molecular weight is 388 g/mol. The van der Waals surface area contributed by atoms with Crippen LogP contribution in [0.3, 0.4) is 0 Å². The van der Waals surface area contributed by atoms with Crippen molar-refractivity contribution in [3.8, 4) is 0 Å². The Morgan fingerprint density at radius 2 is 1.80 bits per heavy atom. The number of carbonyl (C=O) groups is 1. The van der Waals surface area contributed by atoms with Crippen molar-refractivity contribution < 1.29 is 22.0 Å². The first-order chi connectivity index (χ1) is 11.7. The van der Waals surface area contributed by atoms with E-state index in [0.29, 0.717) is 5.02 Å². The van der Waals surface area contributed by atoms with Gasteiger partial charge in [-0.05, 0) is 37.3 Å². The maximum atomic E-state index is 13.7. The van der Waals surface area contributed by atoms with Gasteiger partial charge < -0.3 is 5.32 Å². The normalized spacial score (nSPS) is 12.6. The Balaban J connectivity index is 1.97. The SMILES string of the molecule is C[C@H](NC(=O)CCS(=O)(=O)c1ccc(Cl)cc1)c1ccc(F)cc1F. The molecule has 1 atom stereocenters. The van der Waals surface area contributed by atoms with Crippen LogP contribution in [0.4, 0.5) is 8.78 Å². The summed E-state index contributed by atoms with van der Waals surface area (Å²) in [4.78, 5) is 12.0. The zero-order valence-corrected chi connectivity index (χ0v) is 14.9. The molecular weight excluding hydrogens is 372 g/mol. The van der Waals surface area contributed by atoms with Gasteiger partial charge in [-0.2, -0.15) is 0 Å². The molecule has 2 rings (SSSR count). The van der Waals surface area contributed by atoms with Crippen molar-refractivity contribution in [3.63, 3.8) is 0 Å². The maximum Gasteiger partial charge on any atom is 0.221 e. The molecule has 2 aromatic rings. The number of nitrogens with one attached hydrogen (secondary N) is 1. The van der Waals surface area contributed by atoms with Crippen molar-refractivity contribution >= 4 is 27.3 Å². The lowest BCUT2D eigenvalue weighted by molar-refractivity contribution is -0.121. The average Bonchev–Trinajstić information content (AvgIpc) is 2.53. The first-order valence-corrected chi connectivity index (χ1v) is 9.45. The van der Waals surface area contributed by atoms with Crippen molar-refractivity contribution in [1.82, 2.24) is 5.32 Å². The number of amides is 1. The molecule has 1 N–H and O–H groups in total. The van der Waals surface area contributed by atoms with E-state index in [1.807, 2.05) is 0 Å². The second kappa shape index (κ2) is 7.93. The smallest absolute Gasteiger partial charge is 0.221 e. The Morgan fingerprint density at radius 3 is 2.40 bits per heavy atom. The summed E-state index contributed by atoms with van der Waals surface area (Å²) in [5.41, 5.74) is 0.121. The lowest BCUT2D eigenvalue weighted by atomic mass is 10.1. The Hall–Kier alpha value is -1.99. The second-order valence-electron chi connectivity index (χ2n) is 5.48. The fourth-order valence-corrected chi connectivity index (χ4v) is 3.60. The molecule has 0 saturated heterocycles. The third-order valence-electron chi connectivity index (χ3n) is 3.58. The monoisotopic (exact) mass is 387 g/mol. The number of rotatable bonds is 6. The molecule has 0 aliphatic rings. The summed E-state index contributed by atoms with van der Waals surface area (Å²) in [6, 6.07) is 7.97. The maximum absolute atomic E-state index is 13.7. The Labute approximate surface area is 149 Å². The first-order valence-electron chi connectivity index (χ1n) is 7.41. The van der Waals surface area contributed by atoms with Crippen molar-refractivity contribution in [2.45, 2.75) is 24.3 Å². The molecule has 134 valence electrons. The number of halogens is 3. The first kappa shape index (κ1) is 19.3. The van der Waals surface area contributed by atoms with Crippen LogP contribution < -0.4 is 5.32 Å². The van der Waals surface area contributed by atoms with Crippen molar-refractivity contribution in [2.24, 2.45) is 0 Å². The highest BCUT2D eigenvalue weighted by atomic mass is 35.5. The molecule has 0 fully saturated rings. The Morgan fingerprint density at radius 1 is 1.16 bits per heavy atom. The Kier molecular flexibility index (Phi) is 6.13. The van der Waals surface area contributed by atoms with Crippen LogP contribution in [0.5, 0.6) is 0 Å². The van der Waals surface area contributed by atoms with E-state index < -0.39 is 33.4 Å². The van der Waals surface area contributed by atoms with Crippen LogP contribution in [0.2, 0.25) is 5.02 Å². The van der Waals surface area contributed by atoms with Gasteiger partial charge in [-0.25, -0.2) is 17.2 Å². The van der Waals surface area contributed by atoms with Gasteiger partial charge in [-0.15, -0.1) is 0 Å². The second-order valence-corrected chi connectivity index (χ2v) is 8.02. The van der Waals surface area contributed by atoms with E-state index in [4.69, 9.17) is 11.6 Å². The van der Waals surface area contributed by atoms with Gasteiger partial charge in [0.2, 0.25) is 5.91 Å². The predicted molar refractivity (Wildman–Crippen MR) is 91.0 cm³/mol. The van der Waals surface area contributed by atoms with Crippen LogP contribution >= 0.6 is 11.6 Å². The quantitative estimate of drug-likeness (QED) is 0.822. The van der Waals surface area contributed by atoms with Gasteiger partial charge in [0.25, 0.3) is 0 Å².